The fourth-order valence-electron chi connectivity index (χ4n) is 4.11. The number of H-pyrrole nitrogens is 1. The number of hydrogen-bond acceptors (Lipinski definition) is 6. The highest BCUT2D eigenvalue weighted by molar-refractivity contribution is 5.90. The van der Waals surface area contributed by atoms with Crippen LogP contribution in [0.5, 0.6) is 6.01 Å². The Bertz CT molecular complexity index is 1110. The molecule has 3 aromatic rings. The molecule has 4 rings (SSSR count). The molecule has 0 unspecified atom stereocenters. The van der Waals surface area contributed by atoms with Crippen molar-refractivity contribution in [3.05, 3.63) is 66.0 Å². The summed E-state index contributed by atoms with van der Waals surface area (Å²) < 4.78 is 5.51. The summed E-state index contributed by atoms with van der Waals surface area (Å²) in [5, 5.41) is 18.3. The van der Waals surface area contributed by atoms with E-state index in [1.807, 2.05) is 30.3 Å². The molecule has 1 aromatic heterocycles. The lowest BCUT2D eigenvalue weighted by Gasteiger charge is -2.23. The van der Waals surface area contributed by atoms with Gasteiger partial charge >= 0.3 is 12.0 Å². The highest BCUT2D eigenvalue weighted by atomic mass is 16.5. The smallest absolute Gasteiger partial charge is 0.333 e. The maximum atomic E-state index is 12.8. The molecule has 8 heteroatoms. The number of unbranched alkanes of at least 4 members (excludes halogenated alkanes) is 1. The quantitative estimate of drug-likeness (QED) is 0.293. The van der Waals surface area contributed by atoms with E-state index in [2.05, 4.69) is 51.7 Å². The summed E-state index contributed by atoms with van der Waals surface area (Å²) in [5.41, 5.74) is 2.73. The molecule has 8 nitrogen and oxygen atoms in total. The Morgan fingerprint density at radius 1 is 1.12 bits per heavy atom. The highest BCUT2D eigenvalue weighted by Gasteiger charge is 2.52. The standard InChI is InChI=1S/C26H30N4O4/c1-2-3-15-34-24(32)26(13-14-26)17-21(27-23(31)22-28-25(33)30-29-22)16-18-9-11-20(12-10-18)19-7-5-4-6-8-19/h4-12,21H,2-3,13-17H2,1H3,(H,27,31)(H2,28,29,30,33)/t21-/m0/s1. The summed E-state index contributed by atoms with van der Waals surface area (Å²) in [4.78, 5) is 29.2. The van der Waals surface area contributed by atoms with Gasteiger partial charge in [-0.25, -0.2) is 0 Å². The van der Waals surface area contributed by atoms with Gasteiger partial charge in [0.05, 0.1) is 12.0 Å². The van der Waals surface area contributed by atoms with Gasteiger partial charge in [-0.15, -0.1) is 5.10 Å². The molecule has 3 N–H and O–H groups in total. The Kier molecular flexibility index (Phi) is 7.25. The van der Waals surface area contributed by atoms with Crippen molar-refractivity contribution in [2.24, 2.45) is 5.41 Å². The van der Waals surface area contributed by atoms with E-state index in [9.17, 15) is 14.7 Å². The molecule has 0 spiro atoms. The second-order valence-corrected chi connectivity index (χ2v) is 8.90. The number of rotatable bonds is 11. The van der Waals surface area contributed by atoms with Gasteiger partial charge in [0.25, 0.3) is 5.91 Å². The molecular weight excluding hydrogens is 432 g/mol. The number of carbonyl (C=O) groups is 2. The van der Waals surface area contributed by atoms with Crippen LogP contribution in [0.2, 0.25) is 0 Å². The Morgan fingerprint density at radius 3 is 2.44 bits per heavy atom. The van der Waals surface area contributed by atoms with E-state index in [4.69, 9.17) is 4.74 Å². The molecule has 1 amide bonds. The van der Waals surface area contributed by atoms with Gasteiger partial charge in [0, 0.05) is 6.04 Å². The van der Waals surface area contributed by atoms with Crippen molar-refractivity contribution < 1.29 is 19.4 Å². The van der Waals surface area contributed by atoms with Crippen molar-refractivity contribution in [1.29, 1.82) is 0 Å². The molecule has 34 heavy (non-hydrogen) atoms. The van der Waals surface area contributed by atoms with Gasteiger partial charge in [-0.2, -0.15) is 4.98 Å². The fourth-order valence-corrected chi connectivity index (χ4v) is 4.11. The van der Waals surface area contributed by atoms with Crippen molar-refractivity contribution in [3.63, 3.8) is 0 Å². The average molecular weight is 463 g/mol. The number of ether oxygens (including phenoxy) is 1. The van der Waals surface area contributed by atoms with Crippen LogP contribution in [0.3, 0.4) is 0 Å². The summed E-state index contributed by atoms with van der Waals surface area (Å²) in [7, 11) is 0. The zero-order valence-electron chi connectivity index (χ0n) is 19.3. The number of nitrogens with zero attached hydrogens (tertiary/aromatic N) is 2. The maximum absolute atomic E-state index is 12.8. The van der Waals surface area contributed by atoms with Crippen LogP contribution in [0, 0.1) is 5.41 Å². The van der Waals surface area contributed by atoms with E-state index in [0.29, 0.717) is 19.4 Å². The van der Waals surface area contributed by atoms with Crippen molar-refractivity contribution in [2.45, 2.75) is 51.5 Å². The zero-order valence-corrected chi connectivity index (χ0v) is 19.3. The summed E-state index contributed by atoms with van der Waals surface area (Å²) in [5.74, 6) is -0.733. The lowest BCUT2D eigenvalue weighted by Crippen LogP contribution is -2.40. The van der Waals surface area contributed by atoms with Gasteiger partial charge in [0.15, 0.2) is 0 Å². The first-order chi connectivity index (χ1) is 16.5. The van der Waals surface area contributed by atoms with E-state index < -0.39 is 17.3 Å². The molecule has 1 fully saturated rings. The molecular formula is C26H30N4O4. The molecule has 1 saturated carbocycles. The monoisotopic (exact) mass is 462 g/mol. The number of aromatic nitrogens is 3. The Hall–Kier alpha value is -3.68. The summed E-state index contributed by atoms with van der Waals surface area (Å²) in [6, 6.07) is 17.5. The van der Waals surface area contributed by atoms with Gasteiger partial charge in [-0.05, 0) is 48.8 Å². The summed E-state index contributed by atoms with van der Waals surface area (Å²) >= 11 is 0. The third-order valence-corrected chi connectivity index (χ3v) is 6.22. The largest absolute Gasteiger partial charge is 0.478 e. The molecule has 1 heterocycles. The van der Waals surface area contributed by atoms with Crippen LogP contribution in [0.25, 0.3) is 11.1 Å². The third kappa shape index (κ3) is 5.81. The first-order valence-corrected chi connectivity index (χ1v) is 11.7. The van der Waals surface area contributed by atoms with Gasteiger partial charge in [-0.3, -0.25) is 14.7 Å². The lowest BCUT2D eigenvalue weighted by atomic mass is 9.92. The number of benzene rings is 2. The molecule has 1 aliphatic rings. The van der Waals surface area contributed by atoms with Crippen LogP contribution in [0.1, 0.15) is 55.2 Å². The van der Waals surface area contributed by atoms with E-state index in [-0.39, 0.29) is 17.8 Å². The Balaban J connectivity index is 1.48. The molecule has 0 aliphatic heterocycles. The van der Waals surface area contributed by atoms with Crippen LogP contribution in [0.15, 0.2) is 54.6 Å². The number of aromatic amines is 1. The van der Waals surface area contributed by atoms with Gasteiger partial charge in [-0.1, -0.05) is 67.9 Å². The second-order valence-electron chi connectivity index (χ2n) is 8.90. The molecule has 0 radical (unpaired) electrons. The number of amides is 1. The fraction of sp³-hybridized carbons (Fsp3) is 0.385. The zero-order chi connectivity index (χ0) is 24.0. The average Bonchev–Trinajstić information content (AvgIpc) is 3.50. The summed E-state index contributed by atoms with van der Waals surface area (Å²) in [6.45, 7) is 2.48. The minimum absolute atomic E-state index is 0.0719. The molecule has 1 aliphatic carbocycles. The molecule has 0 saturated heterocycles. The highest BCUT2D eigenvalue weighted by Crippen LogP contribution is 2.51. The summed E-state index contributed by atoms with van der Waals surface area (Å²) in [6.07, 6.45) is 4.32. The van der Waals surface area contributed by atoms with Gasteiger partial charge in [0.1, 0.15) is 0 Å². The van der Waals surface area contributed by atoms with Crippen molar-refractivity contribution in [2.75, 3.05) is 6.61 Å². The first kappa shape index (κ1) is 23.5. The predicted octanol–water partition coefficient (Wildman–Crippen LogP) is 4.03. The van der Waals surface area contributed by atoms with E-state index >= 15 is 0 Å². The van der Waals surface area contributed by atoms with E-state index in [1.54, 1.807) is 0 Å². The molecule has 2 aromatic carbocycles. The number of carbonyl (C=O) groups excluding carboxylic acids is 2. The first-order valence-electron chi connectivity index (χ1n) is 11.7. The molecule has 0 bridgehead atoms. The van der Waals surface area contributed by atoms with Crippen molar-refractivity contribution >= 4 is 11.9 Å². The van der Waals surface area contributed by atoms with Crippen LogP contribution in [-0.4, -0.2) is 44.8 Å². The topological polar surface area (TPSA) is 117 Å². The van der Waals surface area contributed by atoms with Crippen LogP contribution in [-0.2, 0) is 16.0 Å². The number of nitrogens with one attached hydrogen (secondary N) is 2. The predicted molar refractivity (Wildman–Crippen MR) is 127 cm³/mol. The Labute approximate surface area is 198 Å². The molecule has 1 atom stereocenters. The van der Waals surface area contributed by atoms with Gasteiger partial charge in [0.2, 0.25) is 5.82 Å². The minimum Gasteiger partial charge on any atom is -0.478 e. The normalized spacial score (nSPS) is 14.9. The number of aromatic hydroxyl groups is 1. The van der Waals surface area contributed by atoms with Crippen molar-refractivity contribution in [3.8, 4) is 17.1 Å². The maximum Gasteiger partial charge on any atom is 0.333 e. The minimum atomic E-state index is -0.556. The lowest BCUT2D eigenvalue weighted by molar-refractivity contribution is -0.150. The SMILES string of the molecule is CCCCOC(=O)C1(C[C@H](Cc2ccc(-c3ccccc3)cc2)NC(=O)c2nc(O)n[nH]2)CC1. The van der Waals surface area contributed by atoms with E-state index in [0.717, 1.165) is 42.4 Å². The number of esters is 1. The number of hydrogen-bond donors (Lipinski definition) is 3. The van der Waals surface area contributed by atoms with E-state index in [1.165, 1.54) is 0 Å². The van der Waals surface area contributed by atoms with Gasteiger partial charge < -0.3 is 15.2 Å². The van der Waals surface area contributed by atoms with Crippen LogP contribution in [0.4, 0.5) is 0 Å². The van der Waals surface area contributed by atoms with Crippen LogP contribution >= 0.6 is 0 Å². The second kappa shape index (κ2) is 10.5. The Morgan fingerprint density at radius 2 is 1.82 bits per heavy atom. The molecule has 178 valence electrons. The van der Waals surface area contributed by atoms with Crippen LogP contribution < -0.4 is 5.32 Å². The van der Waals surface area contributed by atoms with Crippen molar-refractivity contribution in [1.82, 2.24) is 20.5 Å². The third-order valence-electron chi connectivity index (χ3n) is 6.22.